The minimum Gasteiger partial charge on any atom is -0.475 e. The van der Waals surface area contributed by atoms with Crippen LogP contribution in [0.15, 0.2) is 53.4 Å². The summed E-state index contributed by atoms with van der Waals surface area (Å²) in [6.07, 6.45) is 1.67. The van der Waals surface area contributed by atoms with E-state index >= 15 is 0 Å². The Hall–Kier alpha value is -3.51. The van der Waals surface area contributed by atoms with E-state index in [0.717, 1.165) is 12.8 Å². The topological polar surface area (TPSA) is 145 Å². The highest BCUT2D eigenvalue weighted by molar-refractivity contribution is 7.89. The summed E-state index contributed by atoms with van der Waals surface area (Å²) in [5.74, 6) is -1.62. The van der Waals surface area contributed by atoms with E-state index in [4.69, 9.17) is 9.47 Å². The van der Waals surface area contributed by atoms with Gasteiger partial charge < -0.3 is 14.8 Å². The molecule has 1 fully saturated rings. The second-order valence-corrected chi connectivity index (χ2v) is 8.80. The van der Waals surface area contributed by atoms with E-state index in [0.29, 0.717) is 18.8 Å². The molecule has 0 atom stereocenters. The summed E-state index contributed by atoms with van der Waals surface area (Å²) in [5.41, 5.74) is 0.0378. The average Bonchev–Trinajstić information content (AvgIpc) is 3.33. The lowest BCUT2D eigenvalue weighted by atomic mass is 10.3. The Morgan fingerprint density at radius 1 is 1.03 bits per heavy atom. The molecule has 1 aliphatic heterocycles. The number of para-hydroxylation sites is 2. The minimum atomic E-state index is -3.55. The summed E-state index contributed by atoms with van der Waals surface area (Å²) in [5, 5.41) is 13.4. The fourth-order valence-corrected chi connectivity index (χ4v) is 4.56. The molecule has 12 heteroatoms. The number of esters is 1. The van der Waals surface area contributed by atoms with Crippen molar-refractivity contribution >= 4 is 33.3 Å². The molecule has 2 aromatic rings. The molecule has 1 N–H and O–H groups in total. The van der Waals surface area contributed by atoms with Crippen molar-refractivity contribution in [2.24, 2.45) is 0 Å². The predicted octanol–water partition coefficient (Wildman–Crippen LogP) is 1.94. The van der Waals surface area contributed by atoms with Gasteiger partial charge in [0, 0.05) is 24.8 Å². The molecule has 2 aromatic carbocycles. The van der Waals surface area contributed by atoms with Gasteiger partial charge in [-0.3, -0.25) is 14.9 Å². The van der Waals surface area contributed by atoms with Crippen molar-refractivity contribution in [2.45, 2.75) is 17.7 Å². The maximum atomic E-state index is 12.5. The second kappa shape index (κ2) is 10.2. The van der Waals surface area contributed by atoms with Crippen LogP contribution >= 0.6 is 0 Å². The standard InChI is InChI=1S/C20H21N3O8S/c24-19(13-31-20(25)14-30-18-6-2-1-5-17(18)23(26)27)21-15-7-9-16(10-8-15)32(28,29)22-11-3-4-12-22/h1-2,5-10H,3-4,11-14H2,(H,21,24). The largest absolute Gasteiger partial charge is 0.475 e. The Kier molecular flexibility index (Phi) is 7.38. The predicted molar refractivity (Wildman–Crippen MR) is 113 cm³/mol. The quantitative estimate of drug-likeness (QED) is 0.337. The number of rotatable bonds is 9. The van der Waals surface area contributed by atoms with E-state index in [1.807, 2.05) is 0 Å². The van der Waals surface area contributed by atoms with Crippen LogP contribution in [0.3, 0.4) is 0 Å². The van der Waals surface area contributed by atoms with Crippen LogP contribution in [-0.2, 0) is 24.3 Å². The van der Waals surface area contributed by atoms with Gasteiger partial charge in [-0.1, -0.05) is 12.1 Å². The molecule has 0 radical (unpaired) electrons. The van der Waals surface area contributed by atoms with E-state index in [9.17, 15) is 28.1 Å². The van der Waals surface area contributed by atoms with Crippen LogP contribution in [0.25, 0.3) is 0 Å². The number of amides is 1. The molecule has 32 heavy (non-hydrogen) atoms. The third kappa shape index (κ3) is 5.80. The number of nitro groups is 1. The first-order valence-corrected chi connectivity index (χ1v) is 11.1. The van der Waals surface area contributed by atoms with Crippen LogP contribution in [-0.4, -0.2) is 55.8 Å². The van der Waals surface area contributed by atoms with Gasteiger partial charge in [0.05, 0.1) is 9.82 Å². The number of carbonyl (C=O) groups is 2. The lowest BCUT2D eigenvalue weighted by Gasteiger charge is -2.15. The van der Waals surface area contributed by atoms with Crippen molar-refractivity contribution in [3.8, 4) is 5.75 Å². The highest BCUT2D eigenvalue weighted by Crippen LogP contribution is 2.25. The van der Waals surface area contributed by atoms with Crippen molar-refractivity contribution in [3.05, 3.63) is 58.6 Å². The van der Waals surface area contributed by atoms with E-state index < -0.39 is 40.0 Å². The number of hydrogen-bond donors (Lipinski definition) is 1. The zero-order valence-corrected chi connectivity index (χ0v) is 17.7. The number of carbonyl (C=O) groups excluding carboxylic acids is 2. The molecule has 1 saturated heterocycles. The number of anilines is 1. The smallest absolute Gasteiger partial charge is 0.344 e. The molecule has 1 aliphatic rings. The van der Waals surface area contributed by atoms with Gasteiger partial charge in [-0.05, 0) is 43.2 Å². The first-order chi connectivity index (χ1) is 15.3. The zero-order chi connectivity index (χ0) is 23.1. The molecule has 0 aromatic heterocycles. The summed E-state index contributed by atoms with van der Waals surface area (Å²) in [7, 11) is -3.55. The summed E-state index contributed by atoms with van der Waals surface area (Å²) < 4.78 is 36.3. The molecular weight excluding hydrogens is 442 g/mol. The van der Waals surface area contributed by atoms with Crippen LogP contribution < -0.4 is 10.1 Å². The number of nitro benzene ring substituents is 1. The normalized spacial score (nSPS) is 14.0. The average molecular weight is 463 g/mol. The Bertz CT molecular complexity index is 1100. The van der Waals surface area contributed by atoms with Gasteiger partial charge in [0.25, 0.3) is 5.91 Å². The molecular formula is C20H21N3O8S. The fraction of sp³-hybridized carbons (Fsp3) is 0.300. The number of hydrogen-bond acceptors (Lipinski definition) is 8. The van der Waals surface area contributed by atoms with Crippen molar-refractivity contribution in [3.63, 3.8) is 0 Å². The highest BCUT2D eigenvalue weighted by atomic mass is 32.2. The molecule has 170 valence electrons. The van der Waals surface area contributed by atoms with Crippen molar-refractivity contribution in [2.75, 3.05) is 31.6 Å². The van der Waals surface area contributed by atoms with Gasteiger partial charge in [0.1, 0.15) is 0 Å². The van der Waals surface area contributed by atoms with Crippen LogP contribution in [0.2, 0.25) is 0 Å². The van der Waals surface area contributed by atoms with Gasteiger partial charge in [-0.2, -0.15) is 4.31 Å². The number of benzene rings is 2. The second-order valence-electron chi connectivity index (χ2n) is 6.86. The minimum absolute atomic E-state index is 0.0946. The van der Waals surface area contributed by atoms with E-state index in [-0.39, 0.29) is 16.3 Å². The molecule has 0 bridgehead atoms. The lowest BCUT2D eigenvalue weighted by molar-refractivity contribution is -0.385. The van der Waals surface area contributed by atoms with Crippen molar-refractivity contribution < 1.29 is 32.4 Å². The molecule has 0 aliphatic carbocycles. The van der Waals surface area contributed by atoms with E-state index in [1.165, 1.54) is 52.8 Å². The monoisotopic (exact) mass is 463 g/mol. The molecule has 1 amide bonds. The Balaban J connectivity index is 1.46. The first kappa shape index (κ1) is 23.2. The molecule has 3 rings (SSSR count). The van der Waals surface area contributed by atoms with Crippen LogP contribution in [0.1, 0.15) is 12.8 Å². The first-order valence-electron chi connectivity index (χ1n) is 9.69. The van der Waals surface area contributed by atoms with Crippen molar-refractivity contribution in [1.82, 2.24) is 4.31 Å². The maximum absolute atomic E-state index is 12.5. The third-order valence-electron chi connectivity index (χ3n) is 4.61. The molecule has 0 unspecified atom stereocenters. The molecule has 1 heterocycles. The summed E-state index contributed by atoms with van der Waals surface area (Å²) in [4.78, 5) is 34.2. The van der Waals surface area contributed by atoms with Crippen LogP contribution in [0, 0.1) is 10.1 Å². The van der Waals surface area contributed by atoms with Gasteiger partial charge in [-0.25, -0.2) is 13.2 Å². The molecule has 0 spiro atoms. The summed E-state index contributed by atoms with van der Waals surface area (Å²) in [6.45, 7) is -0.227. The van der Waals surface area contributed by atoms with E-state index in [2.05, 4.69) is 5.32 Å². The Labute approximate surface area is 184 Å². The molecule has 11 nitrogen and oxygen atoms in total. The third-order valence-corrected chi connectivity index (χ3v) is 6.53. The van der Waals surface area contributed by atoms with Gasteiger partial charge in [-0.15, -0.1) is 0 Å². The van der Waals surface area contributed by atoms with Gasteiger partial charge >= 0.3 is 11.7 Å². The van der Waals surface area contributed by atoms with Crippen molar-refractivity contribution in [1.29, 1.82) is 0 Å². The number of nitrogens with zero attached hydrogens (tertiary/aromatic N) is 2. The summed E-state index contributed by atoms with van der Waals surface area (Å²) >= 11 is 0. The number of ether oxygens (including phenoxy) is 2. The molecule has 0 saturated carbocycles. The summed E-state index contributed by atoms with van der Waals surface area (Å²) in [6, 6.07) is 11.2. The van der Waals surface area contributed by atoms with E-state index in [1.54, 1.807) is 0 Å². The number of nitrogens with one attached hydrogen (secondary N) is 1. The fourth-order valence-electron chi connectivity index (χ4n) is 3.04. The highest BCUT2D eigenvalue weighted by Gasteiger charge is 2.27. The Morgan fingerprint density at radius 3 is 2.34 bits per heavy atom. The Morgan fingerprint density at radius 2 is 1.69 bits per heavy atom. The lowest BCUT2D eigenvalue weighted by Crippen LogP contribution is -2.27. The van der Waals surface area contributed by atoms with Crippen LogP contribution in [0.4, 0.5) is 11.4 Å². The SMILES string of the molecule is O=C(COC(=O)COc1ccccc1[N+](=O)[O-])Nc1ccc(S(=O)(=O)N2CCCC2)cc1. The number of sulfonamides is 1. The zero-order valence-electron chi connectivity index (χ0n) is 16.9. The van der Waals surface area contributed by atoms with Crippen LogP contribution in [0.5, 0.6) is 5.75 Å². The maximum Gasteiger partial charge on any atom is 0.344 e. The van der Waals surface area contributed by atoms with Gasteiger partial charge in [0.2, 0.25) is 10.0 Å². The van der Waals surface area contributed by atoms with Gasteiger partial charge in [0.15, 0.2) is 19.0 Å².